The molecule has 142 valence electrons. The van der Waals surface area contributed by atoms with Crippen LogP contribution in [0.5, 0.6) is 0 Å². The zero-order valence-electron chi connectivity index (χ0n) is 15.5. The molecule has 0 radical (unpaired) electrons. The molecule has 5 nitrogen and oxygen atoms in total. The summed E-state index contributed by atoms with van der Waals surface area (Å²) in [5.74, 6) is -0.308. The van der Waals surface area contributed by atoms with Crippen LogP contribution in [0.4, 0.5) is 0 Å². The number of Topliss-reactive ketones (excluding diaryl/α,β-unsaturated/α-hetero) is 1. The minimum Gasteiger partial charge on any atom is -0.394 e. The third-order valence-electron chi connectivity index (χ3n) is 4.42. The van der Waals surface area contributed by atoms with E-state index in [1.54, 1.807) is 41.2 Å². The van der Waals surface area contributed by atoms with Gasteiger partial charge in [0.05, 0.1) is 12.6 Å². The fourth-order valence-electron chi connectivity index (χ4n) is 2.96. The molecule has 0 fully saturated rings. The number of ketones is 1. The van der Waals surface area contributed by atoms with Crippen molar-refractivity contribution < 1.29 is 19.3 Å². The predicted molar refractivity (Wildman–Crippen MR) is 106 cm³/mol. The molecule has 5 heteroatoms. The summed E-state index contributed by atoms with van der Waals surface area (Å²) in [4.78, 5) is 25.0. The lowest BCUT2D eigenvalue weighted by molar-refractivity contribution is -0.683. The number of amides is 1. The number of nitrogens with zero attached hydrogens (tertiary/aromatic N) is 1. The van der Waals surface area contributed by atoms with Gasteiger partial charge in [-0.1, -0.05) is 60.7 Å². The number of rotatable bonds is 8. The second-order valence-electron chi connectivity index (χ2n) is 6.60. The van der Waals surface area contributed by atoms with Crippen molar-refractivity contribution in [1.82, 2.24) is 5.32 Å². The quantitative estimate of drug-likeness (QED) is 0.468. The smallest absolute Gasteiger partial charge is 0.257 e. The van der Waals surface area contributed by atoms with Crippen molar-refractivity contribution >= 4 is 11.7 Å². The first-order valence-electron chi connectivity index (χ1n) is 9.18. The van der Waals surface area contributed by atoms with Gasteiger partial charge < -0.3 is 10.4 Å². The Labute approximate surface area is 164 Å². The molecule has 0 aliphatic carbocycles. The van der Waals surface area contributed by atoms with E-state index >= 15 is 0 Å². The standard InChI is InChI=1S/C23H22N2O3/c26-17-21(14-18-8-3-1-4-9-18)24-23(28)20-12-7-13-25(15-20)16-22(27)19-10-5-2-6-11-19/h1-13,15,21,26H,14,16-17H2/p+1/t21-/m0/s1. The molecule has 0 saturated heterocycles. The van der Waals surface area contributed by atoms with Gasteiger partial charge in [-0.3, -0.25) is 9.59 Å². The molecule has 3 rings (SSSR count). The average Bonchev–Trinajstić information content (AvgIpc) is 2.74. The molecule has 2 N–H and O–H groups in total. The molecule has 3 aromatic rings. The topological polar surface area (TPSA) is 70.3 Å². The number of benzene rings is 2. The van der Waals surface area contributed by atoms with Crippen molar-refractivity contribution in [1.29, 1.82) is 0 Å². The number of carbonyl (C=O) groups is 2. The van der Waals surface area contributed by atoms with E-state index in [0.29, 0.717) is 17.5 Å². The molecule has 1 heterocycles. The maximum atomic E-state index is 12.6. The van der Waals surface area contributed by atoms with Crippen LogP contribution in [0.2, 0.25) is 0 Å². The first kappa shape index (κ1) is 19.5. The van der Waals surface area contributed by atoms with Gasteiger partial charge in [0.1, 0.15) is 5.56 Å². The Morgan fingerprint density at radius 3 is 2.21 bits per heavy atom. The van der Waals surface area contributed by atoms with Crippen molar-refractivity contribution in [3.05, 3.63) is 102 Å². The van der Waals surface area contributed by atoms with Crippen molar-refractivity contribution in [2.45, 2.75) is 19.0 Å². The van der Waals surface area contributed by atoms with Gasteiger partial charge in [0.25, 0.3) is 5.91 Å². The number of aromatic nitrogens is 1. The van der Waals surface area contributed by atoms with E-state index in [1.807, 2.05) is 48.5 Å². The average molecular weight is 375 g/mol. The highest BCUT2D eigenvalue weighted by Crippen LogP contribution is 2.05. The number of aliphatic hydroxyl groups is 1. The summed E-state index contributed by atoms with van der Waals surface area (Å²) in [5, 5.41) is 12.5. The Balaban J connectivity index is 1.65. The largest absolute Gasteiger partial charge is 0.394 e. The molecule has 0 aliphatic heterocycles. The van der Waals surface area contributed by atoms with Gasteiger partial charge >= 0.3 is 0 Å². The zero-order valence-corrected chi connectivity index (χ0v) is 15.5. The fourth-order valence-corrected chi connectivity index (χ4v) is 2.96. The fraction of sp³-hybridized carbons (Fsp3) is 0.174. The van der Waals surface area contributed by atoms with Crippen LogP contribution in [-0.2, 0) is 13.0 Å². The summed E-state index contributed by atoms with van der Waals surface area (Å²) in [6.45, 7) is -0.00145. The monoisotopic (exact) mass is 375 g/mol. The van der Waals surface area contributed by atoms with E-state index in [9.17, 15) is 14.7 Å². The van der Waals surface area contributed by atoms with Crippen LogP contribution in [-0.4, -0.2) is 29.4 Å². The third kappa shape index (κ3) is 5.34. The van der Waals surface area contributed by atoms with Crippen molar-refractivity contribution in [2.24, 2.45) is 0 Å². The highest BCUT2D eigenvalue weighted by atomic mass is 16.3. The van der Waals surface area contributed by atoms with Crippen LogP contribution in [0, 0.1) is 0 Å². The van der Waals surface area contributed by atoms with Crippen LogP contribution < -0.4 is 9.88 Å². The third-order valence-corrected chi connectivity index (χ3v) is 4.42. The molecule has 1 atom stereocenters. The van der Waals surface area contributed by atoms with E-state index in [-0.39, 0.29) is 30.9 Å². The molecule has 1 aromatic heterocycles. The molecular formula is C23H23N2O3+. The van der Waals surface area contributed by atoms with E-state index in [1.165, 1.54) is 0 Å². The molecule has 0 unspecified atom stereocenters. The number of hydrogen-bond acceptors (Lipinski definition) is 3. The number of carbonyl (C=O) groups excluding carboxylic acids is 2. The van der Waals surface area contributed by atoms with Crippen molar-refractivity contribution in [3.8, 4) is 0 Å². The molecule has 0 saturated carbocycles. The molecule has 28 heavy (non-hydrogen) atoms. The summed E-state index contributed by atoms with van der Waals surface area (Å²) < 4.78 is 1.69. The van der Waals surface area contributed by atoms with Gasteiger partial charge in [0.2, 0.25) is 12.3 Å². The van der Waals surface area contributed by atoms with Crippen LogP contribution in [0.25, 0.3) is 0 Å². The Hall–Kier alpha value is -3.31. The maximum absolute atomic E-state index is 12.6. The highest BCUT2D eigenvalue weighted by molar-refractivity contribution is 5.95. The summed E-state index contributed by atoms with van der Waals surface area (Å²) in [7, 11) is 0. The lowest BCUT2D eigenvalue weighted by Gasteiger charge is -2.16. The number of pyridine rings is 1. The SMILES string of the molecule is O=C(C[n+]1cccc(C(=O)N[C@H](CO)Cc2ccccc2)c1)c1ccccc1. The van der Waals surface area contributed by atoms with E-state index in [2.05, 4.69) is 5.32 Å². The van der Waals surface area contributed by atoms with E-state index < -0.39 is 0 Å². The van der Waals surface area contributed by atoms with Crippen molar-refractivity contribution in [2.75, 3.05) is 6.61 Å². The van der Waals surface area contributed by atoms with Gasteiger partial charge in [-0.2, -0.15) is 4.57 Å². The van der Waals surface area contributed by atoms with Gasteiger partial charge in [-0.15, -0.1) is 0 Å². The van der Waals surface area contributed by atoms with E-state index in [0.717, 1.165) is 5.56 Å². The van der Waals surface area contributed by atoms with Crippen LogP contribution in [0.3, 0.4) is 0 Å². The molecule has 0 bridgehead atoms. The number of aliphatic hydroxyl groups excluding tert-OH is 1. The lowest BCUT2D eigenvalue weighted by Crippen LogP contribution is -2.42. The van der Waals surface area contributed by atoms with Crippen LogP contribution in [0.15, 0.2) is 85.2 Å². The highest BCUT2D eigenvalue weighted by Gasteiger charge is 2.18. The van der Waals surface area contributed by atoms with Crippen LogP contribution >= 0.6 is 0 Å². The van der Waals surface area contributed by atoms with Gasteiger partial charge in [-0.25, -0.2) is 0 Å². The summed E-state index contributed by atoms with van der Waals surface area (Å²) >= 11 is 0. The lowest BCUT2D eigenvalue weighted by atomic mass is 10.1. The molecule has 1 amide bonds. The summed E-state index contributed by atoms with van der Waals surface area (Å²) in [6, 6.07) is 21.8. The molecule has 0 aliphatic rings. The first-order valence-corrected chi connectivity index (χ1v) is 9.18. The zero-order chi connectivity index (χ0) is 19.8. The Kier molecular flexibility index (Phi) is 6.65. The molecular weight excluding hydrogens is 352 g/mol. The normalized spacial score (nSPS) is 11.6. The summed E-state index contributed by atoms with van der Waals surface area (Å²) in [6.07, 6.45) is 3.95. The summed E-state index contributed by atoms with van der Waals surface area (Å²) in [5.41, 5.74) is 2.11. The van der Waals surface area contributed by atoms with Crippen LogP contribution in [0.1, 0.15) is 26.3 Å². The number of hydrogen-bond donors (Lipinski definition) is 2. The van der Waals surface area contributed by atoms with Gasteiger partial charge in [0.15, 0.2) is 12.4 Å². The minimum absolute atomic E-state index is 0.0273. The predicted octanol–water partition coefficient (Wildman–Crippen LogP) is 2.19. The Morgan fingerprint density at radius 1 is 0.893 bits per heavy atom. The maximum Gasteiger partial charge on any atom is 0.257 e. The second-order valence-corrected chi connectivity index (χ2v) is 6.60. The van der Waals surface area contributed by atoms with Gasteiger partial charge in [-0.05, 0) is 18.1 Å². The molecule has 0 spiro atoms. The Morgan fingerprint density at radius 2 is 1.54 bits per heavy atom. The van der Waals surface area contributed by atoms with Crippen molar-refractivity contribution in [3.63, 3.8) is 0 Å². The van der Waals surface area contributed by atoms with Gasteiger partial charge in [0, 0.05) is 11.6 Å². The second kappa shape index (κ2) is 9.58. The molecule has 2 aromatic carbocycles. The number of nitrogens with one attached hydrogen (secondary N) is 1. The first-order chi connectivity index (χ1) is 13.7. The minimum atomic E-state index is -0.380. The Bertz CT molecular complexity index is 927. The van der Waals surface area contributed by atoms with E-state index in [4.69, 9.17) is 0 Å².